The van der Waals surface area contributed by atoms with Crippen LogP contribution in [0.1, 0.15) is 32.6 Å². The summed E-state index contributed by atoms with van der Waals surface area (Å²) in [5.41, 5.74) is 5.47. The van der Waals surface area contributed by atoms with Gasteiger partial charge in [-0.1, -0.05) is 6.42 Å². The summed E-state index contributed by atoms with van der Waals surface area (Å²) in [6.07, 6.45) is 3.90. The van der Waals surface area contributed by atoms with E-state index in [1.807, 2.05) is 24.8 Å². The van der Waals surface area contributed by atoms with Gasteiger partial charge in [0.2, 0.25) is 0 Å². The number of nitrogens with two attached hydrogens (primary N) is 1. The number of hydrogen-bond acceptors (Lipinski definition) is 5. The molecule has 0 saturated heterocycles. The zero-order valence-corrected chi connectivity index (χ0v) is 13.5. The Morgan fingerprint density at radius 2 is 2.00 bits per heavy atom. The highest BCUT2D eigenvalue weighted by atomic mass is 32.2. The molecule has 118 valence electrons. The van der Waals surface area contributed by atoms with Gasteiger partial charge >= 0.3 is 0 Å². The van der Waals surface area contributed by atoms with E-state index in [2.05, 4.69) is 12.1 Å². The Bertz CT molecular complexity index is 451. The van der Waals surface area contributed by atoms with Crippen molar-refractivity contribution in [1.82, 2.24) is 0 Å². The predicted octanol–water partition coefficient (Wildman–Crippen LogP) is 2.82. The summed E-state index contributed by atoms with van der Waals surface area (Å²) in [5.74, 6) is 2.74. The zero-order valence-electron chi connectivity index (χ0n) is 12.6. The molecule has 1 heterocycles. The Hall–Kier alpha value is -0.910. The van der Waals surface area contributed by atoms with Gasteiger partial charge in [0.15, 0.2) is 11.5 Å². The second kappa shape index (κ2) is 7.92. The standard InChI is InChI=1S/C16H25NO3S/c1-16(17,12-18)7-2-3-10-21-13-5-6-14-15(11-13)20-9-4-8-19-14/h5-6,11,18H,2-4,7-10,12,17H2,1H3. The molecule has 3 N–H and O–H groups in total. The van der Waals surface area contributed by atoms with Gasteiger partial charge in [0, 0.05) is 16.9 Å². The number of thioether (sulfide) groups is 1. The summed E-state index contributed by atoms with van der Waals surface area (Å²) in [6, 6.07) is 6.14. The number of hydrogen-bond donors (Lipinski definition) is 2. The molecule has 5 heteroatoms. The third kappa shape index (κ3) is 5.41. The SMILES string of the molecule is CC(N)(CO)CCCCSc1ccc2c(c1)OCCCO2. The summed E-state index contributed by atoms with van der Waals surface area (Å²) in [4.78, 5) is 1.21. The first-order valence-corrected chi connectivity index (χ1v) is 8.51. The highest BCUT2D eigenvalue weighted by Gasteiger charge is 2.16. The molecule has 1 aromatic rings. The minimum absolute atomic E-state index is 0.0440. The first-order valence-electron chi connectivity index (χ1n) is 7.53. The van der Waals surface area contributed by atoms with Crippen LogP contribution in [0, 0.1) is 0 Å². The molecule has 1 unspecified atom stereocenters. The van der Waals surface area contributed by atoms with E-state index in [-0.39, 0.29) is 6.61 Å². The van der Waals surface area contributed by atoms with Crippen LogP contribution in [0.5, 0.6) is 11.5 Å². The molecule has 0 fully saturated rings. The van der Waals surface area contributed by atoms with E-state index in [9.17, 15) is 0 Å². The summed E-state index contributed by atoms with van der Waals surface area (Å²) in [5, 5.41) is 9.11. The fourth-order valence-corrected chi connectivity index (χ4v) is 3.07. The number of aliphatic hydroxyl groups is 1. The molecule has 0 bridgehead atoms. The molecule has 0 amide bonds. The quantitative estimate of drug-likeness (QED) is 0.599. The van der Waals surface area contributed by atoms with Crippen molar-refractivity contribution in [1.29, 1.82) is 0 Å². The molecule has 1 aliphatic rings. The first kappa shape index (κ1) is 16.5. The second-order valence-electron chi connectivity index (χ2n) is 5.78. The molecule has 0 aromatic heterocycles. The molecule has 0 radical (unpaired) electrons. The molecule has 2 rings (SSSR count). The van der Waals surface area contributed by atoms with Gasteiger partial charge < -0.3 is 20.3 Å². The van der Waals surface area contributed by atoms with Crippen LogP contribution in [0.15, 0.2) is 23.1 Å². The van der Waals surface area contributed by atoms with E-state index in [1.165, 1.54) is 4.90 Å². The monoisotopic (exact) mass is 311 g/mol. The Balaban J connectivity index is 1.75. The lowest BCUT2D eigenvalue weighted by Crippen LogP contribution is -2.39. The normalized spacial score (nSPS) is 17.1. The minimum atomic E-state index is -0.445. The van der Waals surface area contributed by atoms with E-state index >= 15 is 0 Å². The Morgan fingerprint density at radius 3 is 2.76 bits per heavy atom. The third-order valence-corrected chi connectivity index (χ3v) is 4.57. The minimum Gasteiger partial charge on any atom is -0.490 e. The largest absolute Gasteiger partial charge is 0.490 e. The molecule has 0 aliphatic carbocycles. The van der Waals surface area contributed by atoms with E-state index in [0.29, 0.717) is 0 Å². The van der Waals surface area contributed by atoms with E-state index < -0.39 is 5.54 Å². The van der Waals surface area contributed by atoms with Crippen molar-refractivity contribution in [3.05, 3.63) is 18.2 Å². The van der Waals surface area contributed by atoms with Crippen LogP contribution in [0.2, 0.25) is 0 Å². The van der Waals surface area contributed by atoms with Crippen molar-refractivity contribution in [2.75, 3.05) is 25.6 Å². The maximum absolute atomic E-state index is 9.11. The smallest absolute Gasteiger partial charge is 0.162 e. The average Bonchev–Trinajstić information content (AvgIpc) is 2.71. The van der Waals surface area contributed by atoms with Crippen LogP contribution in [0.4, 0.5) is 0 Å². The van der Waals surface area contributed by atoms with E-state index in [0.717, 1.165) is 56.1 Å². The van der Waals surface area contributed by atoms with Crippen molar-refractivity contribution >= 4 is 11.8 Å². The fraction of sp³-hybridized carbons (Fsp3) is 0.625. The summed E-state index contributed by atoms with van der Waals surface area (Å²) in [7, 11) is 0. The van der Waals surface area contributed by atoms with Crippen LogP contribution in [-0.4, -0.2) is 36.2 Å². The van der Waals surface area contributed by atoms with Gasteiger partial charge in [-0.3, -0.25) is 0 Å². The topological polar surface area (TPSA) is 64.7 Å². The van der Waals surface area contributed by atoms with Gasteiger partial charge in [-0.05, 0) is 43.7 Å². The summed E-state index contributed by atoms with van der Waals surface area (Å²) in [6.45, 7) is 3.38. The molecular formula is C16H25NO3S. The molecule has 0 saturated carbocycles. The average molecular weight is 311 g/mol. The number of unbranched alkanes of at least 4 members (excludes halogenated alkanes) is 1. The molecule has 1 aliphatic heterocycles. The van der Waals surface area contributed by atoms with E-state index in [1.54, 1.807) is 0 Å². The highest BCUT2D eigenvalue weighted by Crippen LogP contribution is 2.34. The van der Waals surface area contributed by atoms with Gasteiger partial charge in [0.05, 0.1) is 19.8 Å². The van der Waals surface area contributed by atoms with Crippen molar-refractivity contribution in [3.8, 4) is 11.5 Å². The number of benzene rings is 1. The number of fused-ring (bicyclic) bond motifs is 1. The van der Waals surface area contributed by atoms with Crippen LogP contribution in [0.3, 0.4) is 0 Å². The van der Waals surface area contributed by atoms with Crippen LogP contribution < -0.4 is 15.2 Å². The van der Waals surface area contributed by atoms with Gasteiger partial charge in [0.1, 0.15) is 0 Å². The van der Waals surface area contributed by atoms with Gasteiger partial charge in [-0.2, -0.15) is 0 Å². The van der Waals surface area contributed by atoms with Gasteiger partial charge in [0.25, 0.3) is 0 Å². The summed E-state index contributed by atoms with van der Waals surface area (Å²) >= 11 is 1.82. The maximum atomic E-state index is 9.11. The molecule has 0 spiro atoms. The van der Waals surface area contributed by atoms with Crippen LogP contribution >= 0.6 is 11.8 Å². The Morgan fingerprint density at radius 1 is 1.24 bits per heavy atom. The lowest BCUT2D eigenvalue weighted by molar-refractivity contribution is 0.198. The highest BCUT2D eigenvalue weighted by molar-refractivity contribution is 7.99. The third-order valence-electron chi connectivity index (χ3n) is 3.49. The van der Waals surface area contributed by atoms with Crippen molar-refractivity contribution in [2.24, 2.45) is 5.73 Å². The van der Waals surface area contributed by atoms with Crippen LogP contribution in [-0.2, 0) is 0 Å². The molecule has 1 aromatic carbocycles. The lowest BCUT2D eigenvalue weighted by atomic mass is 9.98. The fourth-order valence-electron chi connectivity index (χ4n) is 2.13. The lowest BCUT2D eigenvalue weighted by Gasteiger charge is -2.21. The van der Waals surface area contributed by atoms with Crippen molar-refractivity contribution < 1.29 is 14.6 Å². The summed E-state index contributed by atoms with van der Waals surface area (Å²) < 4.78 is 11.3. The van der Waals surface area contributed by atoms with Crippen LogP contribution in [0.25, 0.3) is 0 Å². The van der Waals surface area contributed by atoms with E-state index in [4.69, 9.17) is 20.3 Å². The van der Waals surface area contributed by atoms with Crippen molar-refractivity contribution in [2.45, 2.75) is 43.0 Å². The zero-order chi connectivity index (χ0) is 15.1. The Labute approximate surface area is 131 Å². The van der Waals surface area contributed by atoms with Crippen molar-refractivity contribution in [3.63, 3.8) is 0 Å². The molecular weight excluding hydrogens is 286 g/mol. The number of aliphatic hydroxyl groups excluding tert-OH is 1. The predicted molar refractivity (Wildman–Crippen MR) is 86.3 cm³/mol. The maximum Gasteiger partial charge on any atom is 0.162 e. The molecule has 1 atom stereocenters. The molecule has 4 nitrogen and oxygen atoms in total. The molecule has 21 heavy (non-hydrogen) atoms. The van der Waals surface area contributed by atoms with Gasteiger partial charge in [-0.25, -0.2) is 0 Å². The second-order valence-corrected chi connectivity index (χ2v) is 6.95. The number of ether oxygens (including phenoxy) is 2. The number of rotatable bonds is 7. The first-order chi connectivity index (χ1) is 10.1. The van der Waals surface area contributed by atoms with Gasteiger partial charge in [-0.15, -0.1) is 11.8 Å². The Kier molecular flexibility index (Phi) is 6.21.